The van der Waals surface area contributed by atoms with Crippen LogP contribution in [0.4, 0.5) is 0 Å². The van der Waals surface area contributed by atoms with Gasteiger partial charge in [-0.15, -0.1) is 12.4 Å². The maximum absolute atomic E-state index is 4.07. The van der Waals surface area contributed by atoms with E-state index in [1.165, 1.54) is 16.7 Å². The number of fused-ring (bicyclic) bond motifs is 1. The molecule has 1 aromatic heterocycles. The maximum atomic E-state index is 4.07. The molecule has 0 N–H and O–H groups in total. The number of aryl methyl sites for hydroxylation is 1. The fourth-order valence-electron chi connectivity index (χ4n) is 2.23. The summed E-state index contributed by atoms with van der Waals surface area (Å²) in [7, 11) is 0. The highest BCUT2D eigenvalue weighted by molar-refractivity contribution is 5.85. The van der Waals surface area contributed by atoms with Crippen LogP contribution < -0.4 is 0 Å². The Morgan fingerprint density at radius 1 is 1.18 bits per heavy atom. The van der Waals surface area contributed by atoms with Gasteiger partial charge in [0.15, 0.2) is 0 Å². The number of allylic oxidation sites excluding steroid dienone is 1. The Morgan fingerprint density at radius 3 is 2.88 bits per heavy atom. The van der Waals surface area contributed by atoms with Crippen LogP contribution in [0, 0.1) is 0 Å². The number of halogens is 1. The molecule has 3 rings (SSSR count). The summed E-state index contributed by atoms with van der Waals surface area (Å²) in [6.07, 6.45) is 10.4. The first-order valence-electron chi connectivity index (χ1n) is 5.65. The van der Waals surface area contributed by atoms with Crippen molar-refractivity contribution in [3.63, 3.8) is 0 Å². The predicted octanol–water partition coefficient (Wildman–Crippen LogP) is 3.33. The van der Waals surface area contributed by atoms with E-state index in [9.17, 15) is 0 Å². The third-order valence-corrected chi connectivity index (χ3v) is 3.08. The molecule has 0 atom stereocenters. The van der Waals surface area contributed by atoms with Gasteiger partial charge in [0.2, 0.25) is 0 Å². The monoisotopic (exact) mass is 246 g/mol. The van der Waals surface area contributed by atoms with E-state index >= 15 is 0 Å². The number of rotatable bonds is 2. The van der Waals surface area contributed by atoms with Crippen LogP contribution in [0.3, 0.4) is 0 Å². The van der Waals surface area contributed by atoms with Crippen molar-refractivity contribution in [2.75, 3.05) is 0 Å². The number of imidazole rings is 1. The summed E-state index contributed by atoms with van der Waals surface area (Å²) < 4.78 is 2.12. The molecule has 1 aromatic carbocycles. The molecule has 0 fully saturated rings. The van der Waals surface area contributed by atoms with Crippen molar-refractivity contribution in [1.82, 2.24) is 9.55 Å². The average molecular weight is 247 g/mol. The van der Waals surface area contributed by atoms with Crippen molar-refractivity contribution in [2.45, 2.75) is 19.4 Å². The van der Waals surface area contributed by atoms with Gasteiger partial charge in [-0.1, -0.05) is 30.3 Å². The largest absolute Gasteiger partial charge is 0.333 e. The lowest BCUT2D eigenvalue weighted by molar-refractivity contribution is 0.736. The number of hydrogen-bond acceptors (Lipinski definition) is 1. The highest BCUT2D eigenvalue weighted by Crippen LogP contribution is 2.24. The zero-order valence-electron chi connectivity index (χ0n) is 9.54. The lowest BCUT2D eigenvalue weighted by Gasteiger charge is -2.16. The van der Waals surface area contributed by atoms with E-state index in [1.54, 1.807) is 0 Å². The van der Waals surface area contributed by atoms with Gasteiger partial charge in [-0.05, 0) is 29.5 Å². The van der Waals surface area contributed by atoms with Crippen LogP contribution in [0.5, 0.6) is 0 Å². The Morgan fingerprint density at radius 2 is 2.06 bits per heavy atom. The van der Waals surface area contributed by atoms with Crippen molar-refractivity contribution >= 4 is 18.5 Å². The number of hydrogen-bond donors (Lipinski definition) is 0. The minimum atomic E-state index is 0. The van der Waals surface area contributed by atoms with Gasteiger partial charge in [0.05, 0.1) is 6.33 Å². The number of benzene rings is 1. The Hall–Kier alpha value is -1.54. The zero-order chi connectivity index (χ0) is 10.8. The molecule has 0 amide bonds. The highest BCUT2D eigenvalue weighted by Gasteiger charge is 2.09. The quantitative estimate of drug-likeness (QED) is 0.795. The standard InChI is InChI=1S/C14H14N2.ClH/c1-2-4-14-9-12(5-6-13(14)3-1)10-16-8-7-15-11-16;/h1-4,7-9,11H,5-6,10H2;1H. The van der Waals surface area contributed by atoms with E-state index in [0.29, 0.717) is 0 Å². The summed E-state index contributed by atoms with van der Waals surface area (Å²) >= 11 is 0. The molecular weight excluding hydrogens is 232 g/mol. The lowest BCUT2D eigenvalue weighted by atomic mass is 9.92. The first kappa shape index (κ1) is 11.9. The molecule has 2 nitrogen and oxygen atoms in total. The van der Waals surface area contributed by atoms with Crippen LogP contribution in [-0.4, -0.2) is 9.55 Å². The normalized spacial score (nSPS) is 13.5. The molecule has 1 aliphatic carbocycles. The third kappa shape index (κ3) is 2.59. The maximum Gasteiger partial charge on any atom is 0.0948 e. The van der Waals surface area contributed by atoms with Gasteiger partial charge >= 0.3 is 0 Å². The van der Waals surface area contributed by atoms with Gasteiger partial charge < -0.3 is 4.57 Å². The molecule has 2 aromatic rings. The minimum absolute atomic E-state index is 0. The van der Waals surface area contributed by atoms with Crippen molar-refractivity contribution in [3.05, 3.63) is 59.7 Å². The Balaban J connectivity index is 0.00000108. The molecule has 0 spiro atoms. The van der Waals surface area contributed by atoms with Crippen LogP contribution in [0.1, 0.15) is 17.5 Å². The van der Waals surface area contributed by atoms with Crippen LogP contribution >= 0.6 is 12.4 Å². The highest BCUT2D eigenvalue weighted by atomic mass is 35.5. The fraction of sp³-hybridized carbons (Fsp3) is 0.214. The summed E-state index contributed by atoms with van der Waals surface area (Å²) in [5.74, 6) is 0. The topological polar surface area (TPSA) is 17.8 Å². The van der Waals surface area contributed by atoms with E-state index in [2.05, 4.69) is 39.9 Å². The van der Waals surface area contributed by atoms with Gasteiger partial charge in [0.1, 0.15) is 0 Å². The van der Waals surface area contributed by atoms with Gasteiger partial charge in [-0.2, -0.15) is 0 Å². The first-order chi connectivity index (χ1) is 7.92. The third-order valence-electron chi connectivity index (χ3n) is 3.08. The Bertz CT molecular complexity index is 515. The predicted molar refractivity (Wildman–Crippen MR) is 72.2 cm³/mol. The molecule has 88 valence electrons. The fourth-order valence-corrected chi connectivity index (χ4v) is 2.23. The molecule has 0 unspecified atom stereocenters. The van der Waals surface area contributed by atoms with Crippen molar-refractivity contribution < 1.29 is 0 Å². The second-order valence-corrected chi connectivity index (χ2v) is 4.24. The van der Waals surface area contributed by atoms with E-state index in [1.807, 2.05) is 18.7 Å². The second-order valence-electron chi connectivity index (χ2n) is 4.24. The van der Waals surface area contributed by atoms with Crippen LogP contribution in [0.15, 0.2) is 48.6 Å². The molecule has 3 heteroatoms. The molecule has 0 saturated carbocycles. The molecule has 0 aliphatic heterocycles. The van der Waals surface area contributed by atoms with Gasteiger partial charge in [0, 0.05) is 18.9 Å². The summed E-state index contributed by atoms with van der Waals surface area (Å²) in [6, 6.07) is 8.64. The number of aromatic nitrogens is 2. The average Bonchev–Trinajstić information content (AvgIpc) is 2.82. The van der Waals surface area contributed by atoms with Crippen LogP contribution in [0.25, 0.3) is 6.08 Å². The summed E-state index contributed by atoms with van der Waals surface area (Å²) in [5.41, 5.74) is 4.33. The zero-order valence-corrected chi connectivity index (χ0v) is 10.4. The van der Waals surface area contributed by atoms with Gasteiger partial charge in [0.25, 0.3) is 0 Å². The Labute approximate surface area is 107 Å². The van der Waals surface area contributed by atoms with Crippen LogP contribution in [0.2, 0.25) is 0 Å². The molecule has 0 radical (unpaired) electrons. The smallest absolute Gasteiger partial charge is 0.0948 e. The molecule has 1 heterocycles. The van der Waals surface area contributed by atoms with Gasteiger partial charge in [-0.25, -0.2) is 4.98 Å². The lowest BCUT2D eigenvalue weighted by Crippen LogP contribution is -2.04. The van der Waals surface area contributed by atoms with E-state index in [4.69, 9.17) is 0 Å². The van der Waals surface area contributed by atoms with Gasteiger partial charge in [-0.3, -0.25) is 0 Å². The van der Waals surface area contributed by atoms with Crippen molar-refractivity contribution in [3.8, 4) is 0 Å². The molecule has 0 saturated heterocycles. The number of nitrogens with zero attached hydrogens (tertiary/aromatic N) is 2. The Kier molecular flexibility index (Phi) is 3.64. The van der Waals surface area contributed by atoms with E-state index in [0.717, 1.165) is 19.4 Å². The molecular formula is C14H15ClN2. The molecule has 1 aliphatic rings. The van der Waals surface area contributed by atoms with Crippen molar-refractivity contribution in [1.29, 1.82) is 0 Å². The van der Waals surface area contributed by atoms with Crippen molar-refractivity contribution in [2.24, 2.45) is 0 Å². The van der Waals surface area contributed by atoms with E-state index in [-0.39, 0.29) is 12.4 Å². The SMILES string of the molecule is C1=C(Cn2ccnc2)CCc2ccccc21.Cl. The first-order valence-corrected chi connectivity index (χ1v) is 5.65. The molecule has 17 heavy (non-hydrogen) atoms. The minimum Gasteiger partial charge on any atom is -0.333 e. The summed E-state index contributed by atoms with van der Waals surface area (Å²) in [6.45, 7) is 0.967. The van der Waals surface area contributed by atoms with Crippen LogP contribution in [-0.2, 0) is 13.0 Å². The molecule has 0 bridgehead atoms. The van der Waals surface area contributed by atoms with E-state index < -0.39 is 0 Å². The summed E-state index contributed by atoms with van der Waals surface area (Å²) in [4.78, 5) is 4.07. The second kappa shape index (κ2) is 5.19. The summed E-state index contributed by atoms with van der Waals surface area (Å²) in [5, 5.41) is 0.